The molecule has 1 aromatic carbocycles. The van der Waals surface area contributed by atoms with E-state index in [4.69, 9.17) is 32.4 Å². The lowest BCUT2D eigenvalue weighted by atomic mass is 9.87. The fourth-order valence-electron chi connectivity index (χ4n) is 4.20. The van der Waals surface area contributed by atoms with Gasteiger partial charge in [0.15, 0.2) is 0 Å². The van der Waals surface area contributed by atoms with Gasteiger partial charge in [-0.3, -0.25) is 0 Å². The van der Waals surface area contributed by atoms with Crippen LogP contribution in [-0.4, -0.2) is 41.8 Å². The Bertz CT molecular complexity index is 1300. The standard InChI is InChI=1S/C23H29Cl2N3O6S/c1-13-7-8-16(25)14(2)19(13)15(3)20(21-26-27-22(29)34-21)28-35(31,32)18(6-5-10-24)17-12-23(4,30)9-11-33-17/h5-8,15,20,28,30H,9-12H2,1-4H3,(H,27,29)/b6-5-,18-17-/t15-,20+,23?/m1/s1. The van der Waals surface area contributed by atoms with Gasteiger partial charge in [-0.25, -0.2) is 18.3 Å². The van der Waals surface area contributed by atoms with Crippen LogP contribution in [0.25, 0.3) is 0 Å². The SMILES string of the molecule is Cc1ccc(Cl)c(C)c1[C@@H](C)[C@H](NS(=O)(=O)C(/C=C\CCl)=C1/CC(C)(O)CCO1)c1n[nH]c(=O)o1. The van der Waals surface area contributed by atoms with Crippen molar-refractivity contribution in [2.24, 2.45) is 0 Å². The number of nitrogens with one attached hydrogen (secondary N) is 2. The van der Waals surface area contributed by atoms with Crippen LogP contribution < -0.4 is 10.5 Å². The second-order valence-electron chi connectivity index (χ2n) is 8.86. The van der Waals surface area contributed by atoms with Gasteiger partial charge in [-0.15, -0.1) is 16.7 Å². The molecule has 1 aromatic heterocycles. The van der Waals surface area contributed by atoms with Crippen molar-refractivity contribution in [1.82, 2.24) is 14.9 Å². The zero-order valence-corrected chi connectivity index (χ0v) is 22.2. The molecule has 35 heavy (non-hydrogen) atoms. The van der Waals surface area contributed by atoms with Crippen LogP contribution in [0.5, 0.6) is 0 Å². The molecule has 0 bridgehead atoms. The minimum absolute atomic E-state index is 0.0000860. The van der Waals surface area contributed by atoms with E-state index in [0.29, 0.717) is 11.4 Å². The summed E-state index contributed by atoms with van der Waals surface area (Å²) >= 11 is 12.1. The van der Waals surface area contributed by atoms with Crippen molar-refractivity contribution >= 4 is 33.2 Å². The summed E-state index contributed by atoms with van der Waals surface area (Å²) in [6, 6.07) is 2.53. The summed E-state index contributed by atoms with van der Waals surface area (Å²) in [6.45, 7) is 7.28. The Morgan fingerprint density at radius 2 is 2.11 bits per heavy atom. The molecule has 0 spiro atoms. The number of alkyl halides is 1. The number of hydrogen-bond acceptors (Lipinski definition) is 7. The summed E-state index contributed by atoms with van der Waals surface area (Å²) in [5.41, 5.74) is 1.32. The van der Waals surface area contributed by atoms with Crippen LogP contribution in [0.15, 0.2) is 44.2 Å². The molecule has 0 saturated carbocycles. The normalized spacial score (nSPS) is 22.1. The number of halogens is 2. The lowest BCUT2D eigenvalue weighted by Crippen LogP contribution is -2.36. The largest absolute Gasteiger partial charge is 0.496 e. The highest BCUT2D eigenvalue weighted by Crippen LogP contribution is 2.38. The quantitative estimate of drug-likeness (QED) is 0.427. The van der Waals surface area contributed by atoms with Gasteiger partial charge in [-0.05, 0) is 49.6 Å². The second-order valence-corrected chi connectivity index (χ2v) is 11.3. The summed E-state index contributed by atoms with van der Waals surface area (Å²) in [4.78, 5) is 11.6. The monoisotopic (exact) mass is 545 g/mol. The first-order valence-corrected chi connectivity index (χ1v) is 13.4. The molecule has 1 aliphatic rings. The molecule has 2 heterocycles. The van der Waals surface area contributed by atoms with Crippen LogP contribution in [0.2, 0.25) is 5.02 Å². The van der Waals surface area contributed by atoms with Crippen LogP contribution in [0.4, 0.5) is 0 Å². The predicted octanol–water partition coefficient (Wildman–Crippen LogP) is 3.97. The van der Waals surface area contributed by atoms with Crippen molar-refractivity contribution < 1.29 is 22.7 Å². The Morgan fingerprint density at radius 3 is 2.71 bits per heavy atom. The number of allylic oxidation sites excluding steroid dienone is 2. The Kier molecular flexibility index (Phi) is 8.54. The number of aromatic nitrogens is 2. The third-order valence-corrected chi connectivity index (χ3v) is 8.10. The maximum atomic E-state index is 13.7. The van der Waals surface area contributed by atoms with Crippen LogP contribution >= 0.6 is 23.2 Å². The molecule has 0 amide bonds. The number of aromatic amines is 1. The van der Waals surface area contributed by atoms with Crippen molar-refractivity contribution in [2.45, 2.75) is 58.1 Å². The predicted molar refractivity (Wildman–Crippen MR) is 134 cm³/mol. The molecule has 9 nitrogen and oxygen atoms in total. The van der Waals surface area contributed by atoms with E-state index in [1.165, 1.54) is 12.2 Å². The Labute approximate surface area is 214 Å². The van der Waals surface area contributed by atoms with Gasteiger partial charge in [0.2, 0.25) is 15.9 Å². The number of H-pyrrole nitrogens is 1. The van der Waals surface area contributed by atoms with Crippen molar-refractivity contribution in [2.75, 3.05) is 12.5 Å². The molecular formula is C23H29Cl2N3O6S. The number of rotatable bonds is 8. The van der Waals surface area contributed by atoms with Gasteiger partial charge in [0.1, 0.15) is 16.7 Å². The minimum atomic E-state index is -4.27. The summed E-state index contributed by atoms with van der Waals surface area (Å²) < 4.78 is 40.8. The zero-order chi connectivity index (χ0) is 26.0. The molecular weight excluding hydrogens is 517 g/mol. The minimum Gasteiger partial charge on any atom is -0.496 e. The van der Waals surface area contributed by atoms with Gasteiger partial charge in [0, 0.05) is 29.7 Å². The highest BCUT2D eigenvalue weighted by molar-refractivity contribution is 7.93. The van der Waals surface area contributed by atoms with Crippen LogP contribution in [0, 0.1) is 13.8 Å². The maximum absolute atomic E-state index is 13.7. The second kappa shape index (κ2) is 10.9. The summed E-state index contributed by atoms with van der Waals surface area (Å²) in [7, 11) is -4.27. The number of benzene rings is 1. The highest BCUT2D eigenvalue weighted by atomic mass is 35.5. The Balaban J connectivity index is 2.12. The molecule has 192 valence electrons. The van der Waals surface area contributed by atoms with Crippen molar-refractivity contribution in [3.8, 4) is 0 Å². The average Bonchev–Trinajstić information content (AvgIpc) is 3.20. The van der Waals surface area contributed by atoms with E-state index in [1.807, 2.05) is 19.9 Å². The van der Waals surface area contributed by atoms with Gasteiger partial charge in [-0.2, -0.15) is 4.72 Å². The number of aryl methyl sites for hydroxylation is 1. The molecule has 0 aliphatic carbocycles. The molecule has 3 atom stereocenters. The Morgan fingerprint density at radius 1 is 1.40 bits per heavy atom. The molecule has 3 rings (SSSR count). The van der Waals surface area contributed by atoms with Crippen LogP contribution in [0.1, 0.15) is 61.2 Å². The van der Waals surface area contributed by atoms with Crippen LogP contribution in [0.3, 0.4) is 0 Å². The molecule has 3 N–H and O–H groups in total. The maximum Gasteiger partial charge on any atom is 0.434 e. The summed E-state index contributed by atoms with van der Waals surface area (Å²) in [5.74, 6) is -1.30. The van der Waals surface area contributed by atoms with E-state index in [9.17, 15) is 18.3 Å². The van der Waals surface area contributed by atoms with E-state index in [2.05, 4.69) is 14.9 Å². The van der Waals surface area contributed by atoms with Crippen molar-refractivity contribution in [3.63, 3.8) is 0 Å². The molecule has 1 fully saturated rings. The molecule has 1 saturated heterocycles. The zero-order valence-electron chi connectivity index (χ0n) is 19.9. The molecule has 1 aliphatic heterocycles. The number of sulfonamides is 1. The Hall–Kier alpha value is -2.11. The van der Waals surface area contributed by atoms with Gasteiger partial charge < -0.3 is 14.3 Å². The van der Waals surface area contributed by atoms with Gasteiger partial charge >= 0.3 is 5.76 Å². The fraction of sp³-hybridized carbons (Fsp3) is 0.478. The van der Waals surface area contributed by atoms with E-state index in [0.717, 1.165) is 16.7 Å². The van der Waals surface area contributed by atoms with E-state index >= 15 is 0 Å². The lowest BCUT2D eigenvalue weighted by molar-refractivity contribution is -0.0187. The van der Waals surface area contributed by atoms with Gasteiger partial charge in [0.05, 0.1) is 12.2 Å². The van der Waals surface area contributed by atoms with Gasteiger partial charge in [0.25, 0.3) is 0 Å². The number of aliphatic hydroxyl groups is 1. The topological polar surface area (TPSA) is 135 Å². The average molecular weight is 546 g/mol. The van der Waals surface area contributed by atoms with Crippen molar-refractivity contribution in [1.29, 1.82) is 0 Å². The smallest absolute Gasteiger partial charge is 0.434 e. The van der Waals surface area contributed by atoms with Gasteiger partial charge in [-0.1, -0.05) is 30.7 Å². The molecule has 12 heteroatoms. The van der Waals surface area contributed by atoms with E-state index < -0.39 is 33.3 Å². The molecule has 0 radical (unpaired) electrons. The third kappa shape index (κ3) is 6.37. The fourth-order valence-corrected chi connectivity index (χ4v) is 5.92. The van der Waals surface area contributed by atoms with E-state index in [-0.39, 0.29) is 35.5 Å². The lowest BCUT2D eigenvalue weighted by Gasteiger charge is -2.31. The summed E-state index contributed by atoms with van der Waals surface area (Å²) in [5, 5.41) is 17.1. The first-order chi connectivity index (χ1) is 16.4. The third-order valence-electron chi connectivity index (χ3n) is 6.01. The summed E-state index contributed by atoms with van der Waals surface area (Å²) in [6.07, 6.45) is 3.17. The number of nitrogens with zero attached hydrogens (tertiary/aromatic N) is 1. The highest BCUT2D eigenvalue weighted by Gasteiger charge is 2.36. The van der Waals surface area contributed by atoms with Crippen LogP contribution in [-0.2, 0) is 14.8 Å². The number of hydrogen-bond donors (Lipinski definition) is 3. The van der Waals surface area contributed by atoms with Crippen molar-refractivity contribution in [3.05, 3.63) is 73.1 Å². The first kappa shape index (κ1) is 27.5. The first-order valence-electron chi connectivity index (χ1n) is 11.0. The van der Waals surface area contributed by atoms with E-state index in [1.54, 1.807) is 19.9 Å². The molecule has 1 unspecified atom stereocenters. The molecule has 2 aromatic rings. The number of ether oxygens (including phenoxy) is 1.